The van der Waals surface area contributed by atoms with Crippen molar-refractivity contribution in [3.8, 4) is 22.1 Å². The number of ether oxygens (including phenoxy) is 2. The first kappa shape index (κ1) is 26.8. The molecule has 0 spiro atoms. The SMILES string of the molecule is COc1ccc(CC(=O)N(CCC(=O)Nc2nnc(-c3ccc(OC)cc3)s2)CCc2ccccc2)cc1. The van der Waals surface area contributed by atoms with Gasteiger partial charge in [0.05, 0.1) is 20.6 Å². The molecule has 1 heterocycles. The number of carbonyl (C=O) groups is 2. The second kappa shape index (κ2) is 13.3. The molecule has 0 saturated carbocycles. The Labute approximate surface area is 226 Å². The molecule has 38 heavy (non-hydrogen) atoms. The van der Waals surface area contributed by atoms with Gasteiger partial charge in [-0.15, -0.1) is 10.2 Å². The van der Waals surface area contributed by atoms with Crippen LogP contribution in [0.1, 0.15) is 17.5 Å². The van der Waals surface area contributed by atoms with E-state index < -0.39 is 0 Å². The van der Waals surface area contributed by atoms with Gasteiger partial charge in [0.1, 0.15) is 16.5 Å². The standard InChI is InChI=1S/C29H30N4O4S/c1-36-24-12-8-22(9-13-24)20-27(35)33(18-16-21-6-4-3-5-7-21)19-17-26(34)30-29-32-31-28(38-29)23-10-14-25(37-2)15-11-23/h3-15H,16-20H2,1-2H3,(H,30,32,34). The molecule has 0 radical (unpaired) electrons. The molecule has 0 bridgehead atoms. The molecule has 0 saturated heterocycles. The summed E-state index contributed by atoms with van der Waals surface area (Å²) in [7, 11) is 3.22. The minimum Gasteiger partial charge on any atom is -0.497 e. The van der Waals surface area contributed by atoms with E-state index in [-0.39, 0.29) is 24.7 Å². The Hall–Kier alpha value is -4.24. The molecular formula is C29H30N4O4S. The summed E-state index contributed by atoms with van der Waals surface area (Å²) in [5, 5.41) is 12.2. The van der Waals surface area contributed by atoms with Crippen LogP contribution in [-0.4, -0.2) is 54.2 Å². The summed E-state index contributed by atoms with van der Waals surface area (Å²) in [4.78, 5) is 27.7. The van der Waals surface area contributed by atoms with E-state index >= 15 is 0 Å². The summed E-state index contributed by atoms with van der Waals surface area (Å²) >= 11 is 1.29. The number of amides is 2. The van der Waals surface area contributed by atoms with Gasteiger partial charge < -0.3 is 19.7 Å². The fraction of sp³-hybridized carbons (Fsp3) is 0.241. The van der Waals surface area contributed by atoms with Crippen LogP contribution in [0.5, 0.6) is 11.5 Å². The molecule has 196 valence electrons. The Morgan fingerprint density at radius 2 is 1.47 bits per heavy atom. The third-order valence-electron chi connectivity index (χ3n) is 6.00. The zero-order valence-electron chi connectivity index (χ0n) is 21.4. The molecule has 2 amide bonds. The maximum Gasteiger partial charge on any atom is 0.227 e. The van der Waals surface area contributed by atoms with E-state index in [4.69, 9.17) is 9.47 Å². The fourth-order valence-corrected chi connectivity index (χ4v) is 4.61. The third-order valence-corrected chi connectivity index (χ3v) is 6.89. The van der Waals surface area contributed by atoms with Gasteiger partial charge in [0.2, 0.25) is 16.9 Å². The largest absolute Gasteiger partial charge is 0.497 e. The van der Waals surface area contributed by atoms with E-state index in [0.29, 0.717) is 29.6 Å². The molecule has 3 aromatic carbocycles. The lowest BCUT2D eigenvalue weighted by Gasteiger charge is -2.23. The van der Waals surface area contributed by atoms with Crippen LogP contribution >= 0.6 is 11.3 Å². The zero-order valence-corrected chi connectivity index (χ0v) is 22.2. The molecule has 9 heteroatoms. The predicted octanol–water partition coefficient (Wildman–Crippen LogP) is 4.86. The van der Waals surface area contributed by atoms with Gasteiger partial charge >= 0.3 is 0 Å². The van der Waals surface area contributed by atoms with Crippen LogP contribution in [-0.2, 0) is 22.4 Å². The molecule has 1 N–H and O–H groups in total. The Balaban J connectivity index is 1.36. The van der Waals surface area contributed by atoms with E-state index in [1.165, 1.54) is 11.3 Å². The summed E-state index contributed by atoms with van der Waals surface area (Å²) in [6.07, 6.45) is 1.11. The Morgan fingerprint density at radius 3 is 2.13 bits per heavy atom. The van der Waals surface area contributed by atoms with E-state index in [9.17, 15) is 9.59 Å². The van der Waals surface area contributed by atoms with Crippen LogP contribution in [0, 0.1) is 0 Å². The average molecular weight is 531 g/mol. The molecule has 0 atom stereocenters. The first-order valence-electron chi connectivity index (χ1n) is 12.3. The first-order chi connectivity index (χ1) is 18.5. The molecule has 4 aromatic rings. The maximum atomic E-state index is 13.2. The van der Waals surface area contributed by atoms with Crippen molar-refractivity contribution in [2.75, 3.05) is 32.6 Å². The summed E-state index contributed by atoms with van der Waals surface area (Å²) in [5.41, 5.74) is 2.92. The molecule has 0 fully saturated rings. The molecule has 0 aliphatic carbocycles. The van der Waals surface area contributed by atoms with Gasteiger partial charge in [-0.25, -0.2) is 0 Å². The highest BCUT2D eigenvalue weighted by Gasteiger charge is 2.17. The van der Waals surface area contributed by atoms with E-state index in [2.05, 4.69) is 15.5 Å². The lowest BCUT2D eigenvalue weighted by molar-refractivity contribution is -0.130. The van der Waals surface area contributed by atoms with Crippen molar-refractivity contribution in [3.05, 3.63) is 90.0 Å². The molecule has 0 unspecified atom stereocenters. The summed E-state index contributed by atoms with van der Waals surface area (Å²) in [6, 6.07) is 24.9. The van der Waals surface area contributed by atoms with Crippen LogP contribution in [0.25, 0.3) is 10.6 Å². The van der Waals surface area contributed by atoms with Crippen LogP contribution in [0.2, 0.25) is 0 Å². The highest BCUT2D eigenvalue weighted by atomic mass is 32.1. The van der Waals surface area contributed by atoms with Gasteiger partial charge in [0.25, 0.3) is 0 Å². The Bertz CT molecular complexity index is 1320. The topological polar surface area (TPSA) is 93.7 Å². The lowest BCUT2D eigenvalue weighted by atomic mass is 10.1. The number of rotatable bonds is 12. The summed E-state index contributed by atoms with van der Waals surface area (Å²) in [6.45, 7) is 0.824. The number of anilines is 1. The molecule has 0 aliphatic rings. The van der Waals surface area contributed by atoms with Gasteiger partial charge in [-0.2, -0.15) is 0 Å². The van der Waals surface area contributed by atoms with Crippen LogP contribution in [0.3, 0.4) is 0 Å². The van der Waals surface area contributed by atoms with E-state index in [1.54, 1.807) is 19.1 Å². The van der Waals surface area contributed by atoms with E-state index in [1.807, 2.05) is 78.9 Å². The van der Waals surface area contributed by atoms with Crippen molar-refractivity contribution < 1.29 is 19.1 Å². The lowest BCUT2D eigenvalue weighted by Crippen LogP contribution is -2.36. The van der Waals surface area contributed by atoms with Gasteiger partial charge in [-0.3, -0.25) is 9.59 Å². The molecule has 0 aliphatic heterocycles. The van der Waals surface area contributed by atoms with Crippen LogP contribution < -0.4 is 14.8 Å². The second-order valence-corrected chi connectivity index (χ2v) is 9.56. The maximum absolute atomic E-state index is 13.2. The van der Waals surface area contributed by atoms with Crippen molar-refractivity contribution in [1.29, 1.82) is 0 Å². The van der Waals surface area contributed by atoms with Crippen molar-refractivity contribution in [2.24, 2.45) is 0 Å². The number of carbonyl (C=O) groups excluding carboxylic acids is 2. The van der Waals surface area contributed by atoms with Gasteiger partial charge in [0.15, 0.2) is 0 Å². The van der Waals surface area contributed by atoms with Gasteiger partial charge in [0, 0.05) is 25.1 Å². The molecule has 4 rings (SSSR count). The number of hydrogen-bond donors (Lipinski definition) is 1. The van der Waals surface area contributed by atoms with Crippen molar-refractivity contribution in [3.63, 3.8) is 0 Å². The number of nitrogens with zero attached hydrogens (tertiary/aromatic N) is 3. The molecular weight excluding hydrogens is 500 g/mol. The predicted molar refractivity (Wildman–Crippen MR) is 149 cm³/mol. The summed E-state index contributed by atoms with van der Waals surface area (Å²) in [5.74, 6) is 1.25. The van der Waals surface area contributed by atoms with Gasteiger partial charge in [-0.05, 0) is 53.9 Å². The smallest absolute Gasteiger partial charge is 0.227 e. The number of methoxy groups -OCH3 is 2. The number of aromatic nitrogens is 2. The fourth-order valence-electron chi connectivity index (χ4n) is 3.84. The first-order valence-corrected chi connectivity index (χ1v) is 13.1. The number of benzene rings is 3. The van der Waals surface area contributed by atoms with Crippen molar-refractivity contribution in [2.45, 2.75) is 19.3 Å². The quantitative estimate of drug-likeness (QED) is 0.281. The minimum absolute atomic E-state index is 0.0309. The second-order valence-electron chi connectivity index (χ2n) is 8.58. The van der Waals surface area contributed by atoms with E-state index in [0.717, 1.165) is 28.2 Å². The zero-order chi connectivity index (χ0) is 26.7. The minimum atomic E-state index is -0.218. The Kier molecular flexibility index (Phi) is 9.42. The number of hydrogen-bond acceptors (Lipinski definition) is 7. The number of nitrogens with one attached hydrogen (secondary N) is 1. The molecule has 8 nitrogen and oxygen atoms in total. The summed E-state index contributed by atoms with van der Waals surface area (Å²) < 4.78 is 10.4. The van der Waals surface area contributed by atoms with Crippen molar-refractivity contribution in [1.82, 2.24) is 15.1 Å². The normalized spacial score (nSPS) is 10.6. The Morgan fingerprint density at radius 1 is 0.816 bits per heavy atom. The van der Waals surface area contributed by atoms with Crippen LogP contribution in [0.15, 0.2) is 78.9 Å². The van der Waals surface area contributed by atoms with Gasteiger partial charge in [-0.1, -0.05) is 53.8 Å². The highest BCUT2D eigenvalue weighted by Crippen LogP contribution is 2.27. The molecule has 1 aromatic heterocycles. The highest BCUT2D eigenvalue weighted by molar-refractivity contribution is 7.18. The third kappa shape index (κ3) is 7.63. The monoisotopic (exact) mass is 530 g/mol. The van der Waals surface area contributed by atoms with Crippen LogP contribution in [0.4, 0.5) is 5.13 Å². The average Bonchev–Trinajstić information content (AvgIpc) is 3.42. The van der Waals surface area contributed by atoms with Crippen molar-refractivity contribution >= 4 is 28.3 Å².